The van der Waals surface area contributed by atoms with Crippen molar-refractivity contribution in [3.63, 3.8) is 0 Å². The number of nitrogens with zero attached hydrogens (tertiary/aromatic N) is 2. The van der Waals surface area contributed by atoms with Gasteiger partial charge in [-0.25, -0.2) is 4.79 Å². The van der Waals surface area contributed by atoms with Gasteiger partial charge in [0, 0.05) is 18.2 Å². The van der Waals surface area contributed by atoms with Gasteiger partial charge in [-0.1, -0.05) is 0 Å². The van der Waals surface area contributed by atoms with Crippen LogP contribution >= 0.6 is 0 Å². The molecule has 4 N–H and O–H groups in total. The van der Waals surface area contributed by atoms with E-state index in [0.29, 0.717) is 5.56 Å². The van der Waals surface area contributed by atoms with Gasteiger partial charge in [-0.05, 0) is 6.92 Å². The van der Waals surface area contributed by atoms with Crippen LogP contribution in [0.5, 0.6) is 0 Å². The van der Waals surface area contributed by atoms with E-state index < -0.39 is 24.1 Å². The number of aryl methyl sites for hydroxylation is 1. The van der Waals surface area contributed by atoms with Gasteiger partial charge in [0.05, 0.1) is 12.7 Å². The fraction of sp³-hybridized carbons (Fsp3) is 0.600. The van der Waals surface area contributed by atoms with Crippen molar-refractivity contribution in [2.45, 2.75) is 31.8 Å². The number of aliphatic hydroxyl groups is 2. The van der Waals surface area contributed by atoms with E-state index in [-0.39, 0.29) is 18.8 Å². The highest BCUT2D eigenvalue weighted by atomic mass is 16.5. The molecule has 0 aliphatic carbocycles. The minimum Gasteiger partial charge on any atom is -0.394 e. The highest BCUT2D eigenvalue weighted by Crippen LogP contribution is 2.27. The number of nitrogens with two attached hydrogens (primary N) is 1. The fourth-order valence-electron chi connectivity index (χ4n) is 1.84. The second-order valence-electron chi connectivity index (χ2n) is 4.11. The zero-order valence-electron chi connectivity index (χ0n) is 9.41. The molecule has 0 bridgehead atoms. The van der Waals surface area contributed by atoms with E-state index >= 15 is 0 Å². The Hall–Kier alpha value is -1.44. The molecule has 1 saturated heterocycles. The second-order valence-corrected chi connectivity index (χ2v) is 4.11. The molecule has 2 heterocycles. The lowest BCUT2D eigenvalue weighted by atomic mass is 10.2. The van der Waals surface area contributed by atoms with Crippen molar-refractivity contribution in [2.24, 2.45) is 0 Å². The molecule has 7 heteroatoms. The van der Waals surface area contributed by atoms with Gasteiger partial charge in [0.15, 0.2) is 0 Å². The number of aliphatic hydroxyl groups excluding tert-OH is 2. The Bertz CT molecular complexity index is 473. The molecule has 0 spiro atoms. The van der Waals surface area contributed by atoms with Gasteiger partial charge >= 0.3 is 5.69 Å². The number of anilines is 1. The Balaban J connectivity index is 2.30. The fourth-order valence-corrected chi connectivity index (χ4v) is 1.84. The molecule has 1 aromatic heterocycles. The van der Waals surface area contributed by atoms with Crippen molar-refractivity contribution >= 4 is 5.82 Å². The van der Waals surface area contributed by atoms with Crippen LogP contribution in [-0.4, -0.2) is 38.6 Å². The first-order chi connectivity index (χ1) is 8.02. The van der Waals surface area contributed by atoms with Gasteiger partial charge in [-0.3, -0.25) is 4.57 Å². The third-order valence-electron chi connectivity index (χ3n) is 2.87. The SMILES string of the molecule is Cc1cn([C@H]2C[C@H](O)[C@@H](CO)O2)c(=O)nc1N. The summed E-state index contributed by atoms with van der Waals surface area (Å²) >= 11 is 0. The maximum absolute atomic E-state index is 11.6. The highest BCUT2D eigenvalue weighted by Gasteiger charge is 2.35. The molecule has 94 valence electrons. The molecule has 7 nitrogen and oxygen atoms in total. The molecule has 1 aliphatic heterocycles. The second kappa shape index (κ2) is 4.44. The Morgan fingerprint density at radius 3 is 3.00 bits per heavy atom. The van der Waals surface area contributed by atoms with Crippen LogP contribution in [0.25, 0.3) is 0 Å². The van der Waals surface area contributed by atoms with E-state index in [1.165, 1.54) is 4.57 Å². The summed E-state index contributed by atoms with van der Waals surface area (Å²) in [4.78, 5) is 15.3. The van der Waals surface area contributed by atoms with Crippen molar-refractivity contribution < 1.29 is 14.9 Å². The van der Waals surface area contributed by atoms with Crippen molar-refractivity contribution in [1.29, 1.82) is 0 Å². The van der Waals surface area contributed by atoms with Gasteiger partial charge in [0.1, 0.15) is 18.1 Å². The van der Waals surface area contributed by atoms with Crippen LogP contribution in [0.1, 0.15) is 18.2 Å². The van der Waals surface area contributed by atoms with Crippen LogP contribution in [0.15, 0.2) is 11.0 Å². The van der Waals surface area contributed by atoms with E-state index in [1.54, 1.807) is 13.1 Å². The van der Waals surface area contributed by atoms with E-state index in [9.17, 15) is 9.90 Å². The molecular weight excluding hydrogens is 226 g/mol. The van der Waals surface area contributed by atoms with Crippen molar-refractivity contribution in [1.82, 2.24) is 9.55 Å². The molecular formula is C10H15N3O4. The predicted molar refractivity (Wildman–Crippen MR) is 59.3 cm³/mol. The lowest BCUT2D eigenvalue weighted by Gasteiger charge is -2.15. The number of ether oxygens (including phenoxy) is 1. The third kappa shape index (κ3) is 2.17. The zero-order chi connectivity index (χ0) is 12.6. The molecule has 0 saturated carbocycles. The van der Waals surface area contributed by atoms with Gasteiger partial charge in [0.2, 0.25) is 0 Å². The van der Waals surface area contributed by atoms with Gasteiger partial charge < -0.3 is 20.7 Å². The third-order valence-corrected chi connectivity index (χ3v) is 2.87. The molecule has 2 rings (SSSR count). The van der Waals surface area contributed by atoms with Crippen LogP contribution < -0.4 is 11.4 Å². The summed E-state index contributed by atoms with van der Waals surface area (Å²) in [5.41, 5.74) is 5.65. The molecule has 1 aromatic rings. The van der Waals surface area contributed by atoms with Crippen molar-refractivity contribution in [3.05, 3.63) is 22.2 Å². The highest BCUT2D eigenvalue weighted by molar-refractivity contribution is 5.35. The smallest absolute Gasteiger partial charge is 0.351 e. The minimum atomic E-state index is -0.783. The number of nitrogen functional groups attached to an aromatic ring is 1. The van der Waals surface area contributed by atoms with Crippen molar-refractivity contribution in [2.75, 3.05) is 12.3 Å². The predicted octanol–water partition coefficient (Wildman–Crippen LogP) is -1.23. The quantitative estimate of drug-likeness (QED) is 0.598. The monoisotopic (exact) mass is 241 g/mol. The summed E-state index contributed by atoms with van der Waals surface area (Å²) in [5.74, 6) is 0.184. The Morgan fingerprint density at radius 1 is 1.71 bits per heavy atom. The average Bonchev–Trinajstić information content (AvgIpc) is 2.65. The largest absolute Gasteiger partial charge is 0.394 e. The first kappa shape index (κ1) is 12.0. The standard InChI is InChI=1S/C10H15N3O4/c1-5-3-13(10(16)12-9(5)11)8-2-6(15)7(4-14)17-8/h3,6-8,14-15H,2,4H2,1H3,(H2,11,12,16)/t6-,7+,8+/m0/s1. The van der Waals surface area contributed by atoms with Crippen LogP contribution in [0, 0.1) is 6.92 Å². The van der Waals surface area contributed by atoms with Crippen LogP contribution in [0.3, 0.4) is 0 Å². The van der Waals surface area contributed by atoms with Gasteiger partial charge in [-0.15, -0.1) is 0 Å². The van der Waals surface area contributed by atoms with E-state index in [2.05, 4.69) is 4.98 Å². The molecule has 1 fully saturated rings. The molecule has 0 amide bonds. The number of rotatable bonds is 2. The summed E-state index contributed by atoms with van der Waals surface area (Å²) in [5, 5.41) is 18.6. The van der Waals surface area contributed by atoms with Gasteiger partial charge in [-0.2, -0.15) is 4.98 Å². The average molecular weight is 241 g/mol. The number of hydrogen-bond donors (Lipinski definition) is 3. The van der Waals surface area contributed by atoms with Crippen LogP contribution in [0.4, 0.5) is 5.82 Å². The summed E-state index contributed by atoms with van der Waals surface area (Å²) < 4.78 is 6.65. The lowest BCUT2D eigenvalue weighted by Crippen LogP contribution is -2.28. The van der Waals surface area contributed by atoms with Crippen molar-refractivity contribution in [3.8, 4) is 0 Å². The lowest BCUT2D eigenvalue weighted by molar-refractivity contribution is -0.0459. The topological polar surface area (TPSA) is 111 Å². The van der Waals surface area contributed by atoms with Crippen LogP contribution in [-0.2, 0) is 4.74 Å². The maximum atomic E-state index is 11.6. The molecule has 1 aliphatic rings. The Morgan fingerprint density at radius 2 is 2.41 bits per heavy atom. The van der Waals surface area contributed by atoms with E-state index in [1.807, 2.05) is 0 Å². The summed E-state index contributed by atoms with van der Waals surface area (Å²) in [6.45, 7) is 1.45. The molecule has 0 radical (unpaired) electrons. The maximum Gasteiger partial charge on any atom is 0.351 e. The zero-order valence-corrected chi connectivity index (χ0v) is 9.41. The Kier molecular flexibility index (Phi) is 3.14. The van der Waals surface area contributed by atoms with E-state index in [4.69, 9.17) is 15.6 Å². The molecule has 3 atom stereocenters. The van der Waals surface area contributed by atoms with E-state index in [0.717, 1.165) is 0 Å². The number of hydrogen-bond acceptors (Lipinski definition) is 6. The Labute approximate surface area is 97.5 Å². The first-order valence-corrected chi connectivity index (χ1v) is 5.32. The van der Waals surface area contributed by atoms with Crippen LogP contribution in [0.2, 0.25) is 0 Å². The van der Waals surface area contributed by atoms with Gasteiger partial charge in [0.25, 0.3) is 0 Å². The summed E-state index contributed by atoms with van der Waals surface area (Å²) in [6.07, 6.45) is -0.265. The minimum absolute atomic E-state index is 0.184. The number of aromatic nitrogens is 2. The molecule has 0 aromatic carbocycles. The summed E-state index contributed by atoms with van der Waals surface area (Å²) in [7, 11) is 0. The molecule has 0 unspecified atom stereocenters. The normalized spacial score (nSPS) is 28.5. The summed E-state index contributed by atoms with van der Waals surface area (Å²) in [6, 6.07) is 0. The first-order valence-electron chi connectivity index (χ1n) is 5.32. The molecule has 17 heavy (non-hydrogen) atoms.